The highest BCUT2D eigenvalue weighted by Crippen LogP contribution is 2.32. The predicted molar refractivity (Wildman–Crippen MR) is 58.2 cm³/mol. The number of hydrogen-bond donors (Lipinski definition) is 1. The molecular formula is C11H7NO2S. The fraction of sp³-hybridized carbons (Fsp3) is 0.0909. The highest BCUT2D eigenvalue weighted by atomic mass is 32.1. The average molecular weight is 217 g/mol. The molecule has 74 valence electrons. The third kappa shape index (κ3) is 1.37. The number of benzene rings is 1. The summed E-state index contributed by atoms with van der Waals surface area (Å²) in [5.41, 5.74) is 1.27. The molecule has 15 heavy (non-hydrogen) atoms. The zero-order valence-corrected chi connectivity index (χ0v) is 8.76. The Morgan fingerprint density at radius 2 is 2.27 bits per heavy atom. The van der Waals surface area contributed by atoms with Gasteiger partial charge in [-0.15, -0.1) is 11.3 Å². The molecule has 0 atom stereocenters. The molecule has 0 radical (unpaired) electrons. The first-order valence-electron chi connectivity index (χ1n) is 4.30. The van der Waals surface area contributed by atoms with Crippen molar-refractivity contribution in [3.05, 3.63) is 34.2 Å². The van der Waals surface area contributed by atoms with Crippen LogP contribution < -0.4 is 0 Å². The van der Waals surface area contributed by atoms with E-state index >= 15 is 0 Å². The van der Waals surface area contributed by atoms with Gasteiger partial charge in [0.05, 0.1) is 10.3 Å². The van der Waals surface area contributed by atoms with Crippen LogP contribution in [0.5, 0.6) is 0 Å². The maximum absolute atomic E-state index is 10.9. The summed E-state index contributed by atoms with van der Waals surface area (Å²) in [6.07, 6.45) is 0. The molecule has 1 heterocycles. The van der Waals surface area contributed by atoms with Crippen LogP contribution in [-0.4, -0.2) is 11.1 Å². The fourth-order valence-electron chi connectivity index (χ4n) is 1.54. The smallest absolute Gasteiger partial charge is 0.346 e. The van der Waals surface area contributed by atoms with Gasteiger partial charge in [0.2, 0.25) is 0 Å². The van der Waals surface area contributed by atoms with Crippen LogP contribution in [0, 0.1) is 18.3 Å². The average Bonchev–Trinajstić information content (AvgIpc) is 2.56. The molecule has 3 nitrogen and oxygen atoms in total. The van der Waals surface area contributed by atoms with Gasteiger partial charge in [-0.1, -0.05) is 12.1 Å². The molecule has 2 aromatic rings. The summed E-state index contributed by atoms with van der Waals surface area (Å²) in [6.45, 7) is 1.77. The summed E-state index contributed by atoms with van der Waals surface area (Å²) in [4.78, 5) is 11.2. The number of thiophene rings is 1. The van der Waals surface area contributed by atoms with Crippen LogP contribution in [0.4, 0.5) is 0 Å². The van der Waals surface area contributed by atoms with Gasteiger partial charge in [0.1, 0.15) is 10.9 Å². The molecule has 0 aliphatic heterocycles. The quantitative estimate of drug-likeness (QED) is 0.798. The lowest BCUT2D eigenvalue weighted by Crippen LogP contribution is -1.93. The Balaban J connectivity index is 2.88. The van der Waals surface area contributed by atoms with Crippen molar-refractivity contribution in [2.75, 3.05) is 0 Å². The van der Waals surface area contributed by atoms with E-state index in [1.54, 1.807) is 19.1 Å². The first kappa shape index (κ1) is 9.69. The molecule has 0 saturated heterocycles. The number of carboxylic acids is 1. The second kappa shape index (κ2) is 3.37. The first-order valence-corrected chi connectivity index (χ1v) is 5.12. The Morgan fingerprint density at radius 3 is 2.87 bits per heavy atom. The minimum Gasteiger partial charge on any atom is -0.477 e. The van der Waals surface area contributed by atoms with E-state index in [0.717, 1.165) is 27.0 Å². The minimum absolute atomic E-state index is 0.313. The largest absolute Gasteiger partial charge is 0.477 e. The Labute approximate surface area is 90.2 Å². The molecule has 2 rings (SSSR count). The van der Waals surface area contributed by atoms with Crippen molar-refractivity contribution < 1.29 is 9.90 Å². The number of nitrogens with zero attached hydrogens (tertiary/aromatic N) is 1. The van der Waals surface area contributed by atoms with Gasteiger partial charge in [-0.3, -0.25) is 0 Å². The Morgan fingerprint density at radius 1 is 1.53 bits per heavy atom. The Kier molecular flexibility index (Phi) is 2.18. The number of aromatic carboxylic acids is 1. The van der Waals surface area contributed by atoms with Crippen molar-refractivity contribution >= 4 is 27.4 Å². The van der Waals surface area contributed by atoms with Crippen LogP contribution in [0.2, 0.25) is 0 Å². The highest BCUT2D eigenvalue weighted by Gasteiger charge is 2.15. The van der Waals surface area contributed by atoms with Gasteiger partial charge < -0.3 is 5.11 Å². The number of carbonyl (C=O) groups is 1. The summed E-state index contributed by atoms with van der Waals surface area (Å²) in [5, 5.41) is 18.7. The van der Waals surface area contributed by atoms with E-state index in [-0.39, 0.29) is 0 Å². The fourth-order valence-corrected chi connectivity index (χ4v) is 2.64. The SMILES string of the molecule is Cc1c(C(=O)O)sc2c(C#N)cccc12. The van der Waals surface area contributed by atoms with E-state index in [0.29, 0.717) is 10.4 Å². The highest BCUT2D eigenvalue weighted by molar-refractivity contribution is 7.21. The van der Waals surface area contributed by atoms with Gasteiger partial charge in [0.25, 0.3) is 0 Å². The van der Waals surface area contributed by atoms with E-state index in [4.69, 9.17) is 10.4 Å². The Hall–Kier alpha value is -1.86. The number of carboxylic acid groups (broad SMARTS) is 1. The topological polar surface area (TPSA) is 61.1 Å². The van der Waals surface area contributed by atoms with Gasteiger partial charge >= 0.3 is 5.97 Å². The molecule has 0 aliphatic rings. The van der Waals surface area contributed by atoms with Gasteiger partial charge in [0.15, 0.2) is 0 Å². The third-order valence-corrected chi connectivity index (χ3v) is 3.61. The number of fused-ring (bicyclic) bond motifs is 1. The van der Waals surface area contributed by atoms with E-state index in [9.17, 15) is 4.79 Å². The van der Waals surface area contributed by atoms with E-state index in [2.05, 4.69) is 6.07 Å². The molecule has 0 fully saturated rings. The number of nitriles is 1. The summed E-state index contributed by atoms with van der Waals surface area (Å²) >= 11 is 1.16. The molecule has 0 bridgehead atoms. The van der Waals surface area contributed by atoms with E-state index in [1.165, 1.54) is 0 Å². The number of rotatable bonds is 1. The molecule has 0 spiro atoms. The lowest BCUT2D eigenvalue weighted by molar-refractivity contribution is 0.0701. The summed E-state index contributed by atoms with van der Waals surface area (Å²) in [7, 11) is 0. The third-order valence-electron chi connectivity index (χ3n) is 2.28. The summed E-state index contributed by atoms with van der Waals surface area (Å²) in [6, 6.07) is 7.38. The first-order chi connectivity index (χ1) is 7.15. The molecule has 0 unspecified atom stereocenters. The Bertz CT molecular complexity index is 592. The van der Waals surface area contributed by atoms with Crippen molar-refractivity contribution in [1.82, 2.24) is 0 Å². The number of hydrogen-bond acceptors (Lipinski definition) is 3. The maximum Gasteiger partial charge on any atom is 0.346 e. The maximum atomic E-state index is 10.9. The van der Waals surface area contributed by atoms with Crippen LogP contribution >= 0.6 is 11.3 Å². The number of aryl methyl sites for hydroxylation is 1. The van der Waals surface area contributed by atoms with Gasteiger partial charge in [0, 0.05) is 0 Å². The standard InChI is InChI=1S/C11H7NO2S/c1-6-8-4-2-3-7(5-12)10(8)15-9(6)11(13)14/h2-4H,1H3,(H,13,14). The van der Waals surface area contributed by atoms with E-state index < -0.39 is 5.97 Å². The normalized spacial score (nSPS) is 10.1. The van der Waals surface area contributed by atoms with Gasteiger partial charge in [-0.05, 0) is 23.9 Å². The lowest BCUT2D eigenvalue weighted by atomic mass is 10.1. The molecular weight excluding hydrogens is 210 g/mol. The summed E-state index contributed by atoms with van der Waals surface area (Å²) in [5.74, 6) is -0.933. The molecule has 1 aromatic heterocycles. The van der Waals surface area contributed by atoms with Crippen molar-refractivity contribution in [1.29, 1.82) is 5.26 Å². The minimum atomic E-state index is -0.933. The molecule has 0 saturated carbocycles. The lowest BCUT2D eigenvalue weighted by Gasteiger charge is -1.92. The van der Waals surface area contributed by atoms with Crippen LogP contribution in [0.15, 0.2) is 18.2 Å². The monoisotopic (exact) mass is 217 g/mol. The molecule has 0 aliphatic carbocycles. The van der Waals surface area contributed by atoms with Crippen LogP contribution in [0.3, 0.4) is 0 Å². The van der Waals surface area contributed by atoms with Gasteiger partial charge in [-0.25, -0.2) is 4.79 Å². The molecule has 1 aromatic carbocycles. The predicted octanol–water partition coefficient (Wildman–Crippen LogP) is 2.78. The van der Waals surface area contributed by atoms with Crippen molar-refractivity contribution in [2.45, 2.75) is 6.92 Å². The van der Waals surface area contributed by atoms with Crippen molar-refractivity contribution in [3.63, 3.8) is 0 Å². The van der Waals surface area contributed by atoms with Gasteiger partial charge in [-0.2, -0.15) is 5.26 Å². The van der Waals surface area contributed by atoms with Crippen molar-refractivity contribution in [3.8, 4) is 6.07 Å². The van der Waals surface area contributed by atoms with Crippen LogP contribution in [0.1, 0.15) is 20.8 Å². The second-order valence-electron chi connectivity index (χ2n) is 3.16. The van der Waals surface area contributed by atoms with Crippen LogP contribution in [-0.2, 0) is 0 Å². The zero-order chi connectivity index (χ0) is 11.0. The van der Waals surface area contributed by atoms with Crippen LogP contribution in [0.25, 0.3) is 10.1 Å². The van der Waals surface area contributed by atoms with Crippen molar-refractivity contribution in [2.24, 2.45) is 0 Å². The van der Waals surface area contributed by atoms with E-state index in [1.807, 2.05) is 6.07 Å². The molecule has 1 N–H and O–H groups in total. The second-order valence-corrected chi connectivity index (χ2v) is 4.18. The molecule has 0 amide bonds. The molecule has 4 heteroatoms. The zero-order valence-electron chi connectivity index (χ0n) is 7.94. The summed E-state index contributed by atoms with van der Waals surface area (Å²) < 4.78 is 0.759.